The van der Waals surface area contributed by atoms with Crippen molar-refractivity contribution in [2.45, 2.75) is 89.4 Å². The molecule has 0 spiro atoms. The summed E-state index contributed by atoms with van der Waals surface area (Å²) in [4.78, 5) is 4.83. The molecule has 3 heteroatoms. The van der Waals surface area contributed by atoms with Crippen molar-refractivity contribution in [3.05, 3.63) is 223 Å². The Labute approximate surface area is 386 Å². The van der Waals surface area contributed by atoms with Crippen molar-refractivity contribution in [1.82, 2.24) is 4.57 Å². The van der Waals surface area contributed by atoms with E-state index in [-0.39, 0.29) is 5.41 Å². The average molecular weight is 848 g/mol. The lowest BCUT2D eigenvalue weighted by Gasteiger charge is -2.36. The van der Waals surface area contributed by atoms with E-state index in [0.717, 1.165) is 41.3 Å². The molecule has 0 saturated heterocycles. The van der Waals surface area contributed by atoms with Gasteiger partial charge in [0.25, 0.3) is 0 Å². The molecule has 0 amide bonds. The monoisotopic (exact) mass is 847 g/mol. The number of fused-ring (bicyclic) bond motifs is 3. The Morgan fingerprint density at radius 2 is 0.923 bits per heavy atom. The number of hydrogen-bond acceptors (Lipinski definition) is 2. The molecule has 1 aliphatic carbocycles. The van der Waals surface area contributed by atoms with Gasteiger partial charge in [0.05, 0.1) is 11.0 Å². The van der Waals surface area contributed by atoms with Crippen molar-refractivity contribution >= 4 is 55.9 Å². The quantitative estimate of drug-likeness (QED) is 0.0952. The first kappa shape index (κ1) is 42.1. The smallest absolute Gasteiger partial charge is 0.0561 e. The highest BCUT2D eigenvalue weighted by Crippen LogP contribution is 2.45. The van der Waals surface area contributed by atoms with Crippen LogP contribution in [0.5, 0.6) is 0 Å². The van der Waals surface area contributed by atoms with E-state index >= 15 is 0 Å². The maximum atomic E-state index is 2.47. The first-order chi connectivity index (χ1) is 32.1. The van der Waals surface area contributed by atoms with Crippen molar-refractivity contribution in [2.75, 3.05) is 9.80 Å². The van der Waals surface area contributed by atoms with Gasteiger partial charge in [0.1, 0.15) is 0 Å². The largest absolute Gasteiger partial charge is 0.311 e. The Morgan fingerprint density at radius 1 is 0.446 bits per heavy atom. The van der Waals surface area contributed by atoms with Crippen LogP contribution in [-0.2, 0) is 5.41 Å². The van der Waals surface area contributed by atoms with E-state index in [9.17, 15) is 0 Å². The highest BCUT2D eigenvalue weighted by Gasteiger charge is 2.33. The SMILES string of the molecule is CCCCCC(CC)(c1ccc(N(c2ccccc2)c2ccccc2)cc1)c1ccc(N(c2ccc(C3CCCCC3)cc2)c2ccc3c4ccccc4n(-c4ccccc4)c3c2)cc1. The van der Waals surface area contributed by atoms with Crippen LogP contribution < -0.4 is 9.80 Å². The first-order valence-electron chi connectivity index (χ1n) is 24.3. The highest BCUT2D eigenvalue weighted by molar-refractivity contribution is 6.10. The molecule has 9 aromatic rings. The van der Waals surface area contributed by atoms with Gasteiger partial charge in [0, 0.05) is 56.0 Å². The molecule has 0 N–H and O–H groups in total. The van der Waals surface area contributed by atoms with Crippen LogP contribution in [-0.4, -0.2) is 4.57 Å². The predicted molar refractivity (Wildman–Crippen MR) is 278 cm³/mol. The Balaban J connectivity index is 1.06. The molecule has 0 radical (unpaired) electrons. The maximum Gasteiger partial charge on any atom is 0.0561 e. The van der Waals surface area contributed by atoms with Crippen molar-refractivity contribution in [3.63, 3.8) is 0 Å². The lowest BCUT2D eigenvalue weighted by Crippen LogP contribution is -2.27. The Bertz CT molecular complexity index is 2890. The van der Waals surface area contributed by atoms with Crippen LogP contribution >= 0.6 is 0 Å². The molecule has 1 aromatic heterocycles. The van der Waals surface area contributed by atoms with Gasteiger partial charge in [0.15, 0.2) is 0 Å². The molecule has 1 heterocycles. The Hall–Kier alpha value is -6.84. The topological polar surface area (TPSA) is 11.4 Å². The fourth-order valence-electron chi connectivity index (χ4n) is 10.9. The molecular formula is C62H61N3. The minimum Gasteiger partial charge on any atom is -0.311 e. The zero-order valence-corrected chi connectivity index (χ0v) is 38.1. The van der Waals surface area contributed by atoms with Crippen molar-refractivity contribution < 1.29 is 0 Å². The minimum absolute atomic E-state index is 0.126. The van der Waals surface area contributed by atoms with Gasteiger partial charge in [-0.1, -0.05) is 168 Å². The Kier molecular flexibility index (Phi) is 12.4. The van der Waals surface area contributed by atoms with Crippen LogP contribution in [0.3, 0.4) is 0 Å². The highest BCUT2D eigenvalue weighted by atomic mass is 15.1. The molecule has 0 bridgehead atoms. The Morgan fingerprint density at radius 3 is 1.49 bits per heavy atom. The second-order valence-electron chi connectivity index (χ2n) is 18.1. The third-order valence-electron chi connectivity index (χ3n) is 14.4. The normalized spacial score (nSPS) is 14.1. The molecule has 1 atom stereocenters. The summed E-state index contributed by atoms with van der Waals surface area (Å²) in [6, 6.07) is 76.8. The van der Waals surface area contributed by atoms with Crippen molar-refractivity contribution in [2.24, 2.45) is 0 Å². The number of aromatic nitrogens is 1. The lowest BCUT2D eigenvalue weighted by molar-refractivity contribution is 0.431. The molecule has 324 valence electrons. The van der Waals surface area contributed by atoms with Gasteiger partial charge in [-0.2, -0.15) is 0 Å². The van der Waals surface area contributed by atoms with E-state index in [1.807, 2.05) is 0 Å². The summed E-state index contributed by atoms with van der Waals surface area (Å²) in [5.74, 6) is 0.659. The number of benzene rings is 8. The van der Waals surface area contributed by atoms with E-state index in [1.54, 1.807) is 0 Å². The zero-order chi connectivity index (χ0) is 44.0. The number of hydrogen-bond donors (Lipinski definition) is 0. The molecule has 3 nitrogen and oxygen atoms in total. The summed E-state index contributed by atoms with van der Waals surface area (Å²) in [7, 11) is 0. The number of rotatable bonds is 15. The summed E-state index contributed by atoms with van der Waals surface area (Å²) < 4.78 is 2.43. The molecule has 10 rings (SSSR count). The zero-order valence-electron chi connectivity index (χ0n) is 38.1. The maximum absolute atomic E-state index is 2.47. The fourth-order valence-corrected chi connectivity index (χ4v) is 10.9. The summed E-state index contributed by atoms with van der Waals surface area (Å²) in [6.07, 6.45) is 12.3. The number of para-hydroxylation sites is 4. The van der Waals surface area contributed by atoms with Crippen LogP contribution in [0.1, 0.15) is 101 Å². The van der Waals surface area contributed by atoms with E-state index in [2.05, 4.69) is 234 Å². The number of nitrogens with zero attached hydrogens (tertiary/aromatic N) is 3. The molecular weight excluding hydrogens is 787 g/mol. The van der Waals surface area contributed by atoms with Gasteiger partial charge < -0.3 is 14.4 Å². The molecule has 0 aliphatic heterocycles. The molecule has 1 fully saturated rings. The van der Waals surface area contributed by atoms with Crippen LogP contribution in [0, 0.1) is 0 Å². The minimum atomic E-state index is -0.126. The summed E-state index contributed by atoms with van der Waals surface area (Å²) in [5.41, 5.74) is 14.7. The van der Waals surface area contributed by atoms with Gasteiger partial charge in [0.2, 0.25) is 0 Å². The van der Waals surface area contributed by atoms with Crippen LogP contribution in [0.15, 0.2) is 206 Å². The predicted octanol–water partition coefficient (Wildman–Crippen LogP) is 18.0. The second-order valence-corrected chi connectivity index (χ2v) is 18.1. The summed E-state index contributed by atoms with van der Waals surface area (Å²) >= 11 is 0. The van der Waals surface area contributed by atoms with Crippen molar-refractivity contribution in [1.29, 1.82) is 0 Å². The molecule has 1 aliphatic rings. The van der Waals surface area contributed by atoms with Gasteiger partial charge in [-0.05, 0) is 139 Å². The van der Waals surface area contributed by atoms with Gasteiger partial charge in [-0.25, -0.2) is 0 Å². The molecule has 1 unspecified atom stereocenters. The van der Waals surface area contributed by atoms with Gasteiger partial charge >= 0.3 is 0 Å². The second kappa shape index (κ2) is 19.1. The molecule has 8 aromatic carbocycles. The summed E-state index contributed by atoms with van der Waals surface area (Å²) in [6.45, 7) is 4.70. The van der Waals surface area contributed by atoms with Gasteiger partial charge in [-0.15, -0.1) is 0 Å². The van der Waals surface area contributed by atoms with E-state index in [4.69, 9.17) is 0 Å². The third kappa shape index (κ3) is 8.37. The molecule has 1 saturated carbocycles. The van der Waals surface area contributed by atoms with E-state index in [1.165, 1.54) is 101 Å². The van der Waals surface area contributed by atoms with Crippen molar-refractivity contribution in [3.8, 4) is 5.69 Å². The third-order valence-corrected chi connectivity index (χ3v) is 14.4. The van der Waals surface area contributed by atoms with E-state index in [0.29, 0.717) is 5.92 Å². The number of unbranched alkanes of at least 4 members (excludes halogenated alkanes) is 2. The molecule has 65 heavy (non-hydrogen) atoms. The standard InChI is InChI=1S/C62H61N3/c1-3-5-20-45-62(4-2,49-33-39-55(40-34-49)63(51-23-12-7-13-24-51)52-25-14-8-15-26-52)50-35-41-56(42-36-50)64(54-37-31-48(32-38-54)47-21-10-6-11-22-47)57-43-44-59-58-29-18-19-30-60(58)65(61(59)46-57)53-27-16-9-17-28-53/h7-9,12-19,23-44,46-47H,3-6,10-11,20-22,45H2,1-2H3. The fraction of sp³-hybridized carbons (Fsp3) is 0.226. The van der Waals surface area contributed by atoms with Crippen LogP contribution in [0.25, 0.3) is 27.5 Å². The number of anilines is 6. The summed E-state index contributed by atoms with van der Waals surface area (Å²) in [5, 5.41) is 2.53. The van der Waals surface area contributed by atoms with Crippen LogP contribution in [0.4, 0.5) is 34.1 Å². The average Bonchev–Trinajstić information content (AvgIpc) is 3.71. The first-order valence-corrected chi connectivity index (χ1v) is 24.3. The van der Waals surface area contributed by atoms with Crippen LogP contribution in [0.2, 0.25) is 0 Å². The van der Waals surface area contributed by atoms with E-state index < -0.39 is 0 Å². The van der Waals surface area contributed by atoms with Gasteiger partial charge in [-0.3, -0.25) is 0 Å². The lowest BCUT2D eigenvalue weighted by atomic mass is 9.69.